The number of hydrogen-bond donors (Lipinski definition) is 6. The van der Waals surface area contributed by atoms with Crippen LogP contribution < -0.4 is 0 Å². The third kappa shape index (κ3) is 16.5. The summed E-state index contributed by atoms with van der Waals surface area (Å²) in [6.07, 6.45) is 4.53. The monoisotopic (exact) mass is 421 g/mol. The molecule has 0 fully saturated rings. The van der Waals surface area contributed by atoms with Gasteiger partial charge in [-0.2, -0.15) is 14.7 Å². The number of aliphatic hydroxyl groups excluding tert-OH is 1. The topological polar surface area (TPSA) is 157 Å². The molecule has 158 valence electrons. The number of phosphoric ester groups is 1. The average molecular weight is 421 g/mol. The van der Waals surface area contributed by atoms with Crippen LogP contribution >= 0.6 is 16.0 Å². The van der Waals surface area contributed by atoms with Crippen LogP contribution in [0.4, 0.5) is 0 Å². The summed E-state index contributed by atoms with van der Waals surface area (Å²) < 4.78 is 20.4. The number of aliphatic hydroxyl groups is 1. The predicted octanol–water partition coefficient (Wildman–Crippen LogP) is 2.81. The quantitative estimate of drug-likeness (QED) is 0.183. The van der Waals surface area contributed by atoms with Gasteiger partial charge in [0, 0.05) is 0 Å². The van der Waals surface area contributed by atoms with Crippen LogP contribution in [0.5, 0.6) is 0 Å². The maximum Gasteiger partial charge on any atom is 0.567 e. The van der Waals surface area contributed by atoms with E-state index in [0.717, 1.165) is 12.8 Å². The van der Waals surface area contributed by atoms with Crippen molar-refractivity contribution in [1.29, 1.82) is 0 Å². The molecular formula is C15H35O9P2+. The molecule has 0 radical (unpaired) electrons. The van der Waals surface area contributed by atoms with Crippen molar-refractivity contribution in [2.24, 2.45) is 0 Å². The van der Waals surface area contributed by atoms with E-state index in [9.17, 15) is 9.67 Å². The van der Waals surface area contributed by atoms with Crippen LogP contribution in [0.1, 0.15) is 79.1 Å². The zero-order valence-electron chi connectivity index (χ0n) is 16.0. The first-order chi connectivity index (χ1) is 11.5. The lowest BCUT2D eigenvalue weighted by Gasteiger charge is -2.25. The van der Waals surface area contributed by atoms with Crippen molar-refractivity contribution in [3.63, 3.8) is 0 Å². The van der Waals surface area contributed by atoms with Crippen molar-refractivity contribution < 1.29 is 43.2 Å². The molecule has 0 aliphatic heterocycles. The molecule has 6 N–H and O–H groups in total. The van der Waals surface area contributed by atoms with E-state index >= 15 is 0 Å². The highest BCUT2D eigenvalue weighted by molar-refractivity contribution is 7.53. The van der Waals surface area contributed by atoms with Crippen molar-refractivity contribution in [1.82, 2.24) is 0 Å². The Labute approximate surface area is 156 Å². The van der Waals surface area contributed by atoms with E-state index in [1.807, 2.05) is 0 Å². The molecule has 0 saturated carbocycles. The number of hydrogen-bond acceptors (Lipinski definition) is 7. The fourth-order valence-electron chi connectivity index (χ4n) is 2.75. The van der Waals surface area contributed by atoms with Gasteiger partial charge in [-0.15, -0.1) is 4.52 Å². The summed E-state index contributed by atoms with van der Waals surface area (Å²) in [7, 11) is -8.76. The van der Waals surface area contributed by atoms with E-state index in [4.69, 9.17) is 33.5 Å². The van der Waals surface area contributed by atoms with Gasteiger partial charge < -0.3 is 14.9 Å². The molecule has 1 atom stereocenters. The Hall–Kier alpha value is 0.340. The third-order valence-corrected chi connectivity index (χ3v) is 5.34. The highest BCUT2D eigenvalue weighted by atomic mass is 31.2. The zero-order valence-corrected chi connectivity index (χ0v) is 17.8. The minimum absolute atomic E-state index is 0.468. The number of rotatable bonds is 14. The summed E-state index contributed by atoms with van der Waals surface area (Å²) in [6.45, 7) is 6.55. The Morgan fingerprint density at radius 3 is 1.69 bits per heavy atom. The van der Waals surface area contributed by atoms with Gasteiger partial charge in [0.1, 0.15) is 5.60 Å². The Morgan fingerprint density at radius 1 is 0.885 bits per heavy atom. The van der Waals surface area contributed by atoms with E-state index in [0.29, 0.717) is 38.5 Å². The third-order valence-electron chi connectivity index (χ3n) is 3.87. The van der Waals surface area contributed by atoms with Crippen molar-refractivity contribution >= 4 is 16.0 Å². The first-order valence-electron chi connectivity index (χ1n) is 8.74. The molecular weight excluding hydrogens is 386 g/mol. The molecule has 0 heterocycles. The second-order valence-corrected chi connectivity index (χ2v) is 10.2. The predicted molar refractivity (Wildman–Crippen MR) is 98.9 cm³/mol. The van der Waals surface area contributed by atoms with Crippen LogP contribution in [0, 0.1) is 0 Å². The second-order valence-electron chi connectivity index (χ2n) is 7.85. The van der Waals surface area contributed by atoms with Gasteiger partial charge in [-0.1, -0.05) is 25.7 Å². The summed E-state index contributed by atoms with van der Waals surface area (Å²) in [5, 5.41) is 9.98. The molecule has 0 rings (SSSR count). The molecule has 0 spiro atoms. The first-order valence-corrected chi connectivity index (χ1v) is 11.8. The molecule has 0 aromatic rings. The lowest BCUT2D eigenvalue weighted by Crippen LogP contribution is -2.24. The molecule has 0 aliphatic rings. The van der Waals surface area contributed by atoms with Gasteiger partial charge in [0.15, 0.2) is 0 Å². The summed E-state index contributed by atoms with van der Waals surface area (Å²) in [5.74, 6) is 0. The highest BCUT2D eigenvalue weighted by Crippen LogP contribution is 2.50. The van der Waals surface area contributed by atoms with Crippen molar-refractivity contribution in [2.75, 3.05) is 0 Å². The maximum absolute atomic E-state index is 10.9. The van der Waals surface area contributed by atoms with Crippen LogP contribution in [0.15, 0.2) is 0 Å². The van der Waals surface area contributed by atoms with Gasteiger partial charge in [0.05, 0.1) is 11.7 Å². The van der Waals surface area contributed by atoms with Crippen molar-refractivity contribution in [3.05, 3.63) is 0 Å². The molecule has 0 aromatic carbocycles. The van der Waals surface area contributed by atoms with Crippen LogP contribution in [-0.2, 0) is 13.6 Å². The first kappa shape index (κ1) is 26.3. The Kier molecular flexibility index (Phi) is 10.9. The lowest BCUT2D eigenvalue weighted by atomic mass is 9.97. The van der Waals surface area contributed by atoms with E-state index in [1.165, 1.54) is 0 Å². The minimum Gasteiger partial charge on any atom is -0.393 e. The van der Waals surface area contributed by atoms with E-state index < -0.39 is 33.3 Å². The fraction of sp³-hybridized carbons (Fsp3) is 1.00. The maximum atomic E-state index is 10.9. The van der Waals surface area contributed by atoms with Crippen LogP contribution in [0.3, 0.4) is 0 Å². The van der Waals surface area contributed by atoms with Gasteiger partial charge in [-0.3, -0.25) is 4.52 Å². The number of phosphoric acid groups is 1. The zero-order chi connectivity index (χ0) is 20.6. The van der Waals surface area contributed by atoms with Crippen LogP contribution in [-0.4, -0.2) is 46.9 Å². The summed E-state index contributed by atoms with van der Waals surface area (Å²) in [5.41, 5.74) is -1.78. The lowest BCUT2D eigenvalue weighted by molar-refractivity contribution is 0.0355. The smallest absolute Gasteiger partial charge is 0.393 e. The largest absolute Gasteiger partial charge is 0.567 e. The molecule has 0 aliphatic carbocycles. The highest BCUT2D eigenvalue weighted by Gasteiger charge is 2.41. The molecule has 11 heteroatoms. The minimum atomic E-state index is -4.51. The molecule has 1 unspecified atom stereocenters. The SMILES string of the molecule is CC(C)(CCCCC(O)CCCCC(C)(C)O[P+](O)(O)O)OP(=O)(O)O. The Bertz CT molecular complexity index is 443. The summed E-state index contributed by atoms with van der Waals surface area (Å²) >= 11 is 0. The second kappa shape index (κ2) is 10.8. The van der Waals surface area contributed by atoms with Gasteiger partial charge >= 0.3 is 16.0 Å². The molecule has 0 amide bonds. The van der Waals surface area contributed by atoms with E-state index in [2.05, 4.69) is 0 Å². The van der Waals surface area contributed by atoms with Gasteiger partial charge in [0.25, 0.3) is 0 Å². The molecule has 0 aromatic heterocycles. The standard InChI is InChI=1S/C15H34O9P2/c1-14(2,23-25(17,18)19)11-7-5-9-13(16)10-6-8-12-15(3,4)24-26(20,21)22/h13,16-19H,5-12H2,1-4H3,(H-,20,21,22)/p+1. The van der Waals surface area contributed by atoms with Gasteiger partial charge in [-0.05, 0) is 53.4 Å². The van der Waals surface area contributed by atoms with Gasteiger partial charge in [0.2, 0.25) is 0 Å². The van der Waals surface area contributed by atoms with Gasteiger partial charge in [-0.25, -0.2) is 4.57 Å². The van der Waals surface area contributed by atoms with Crippen molar-refractivity contribution in [2.45, 2.75) is 96.4 Å². The average Bonchev–Trinajstić information content (AvgIpc) is 2.34. The van der Waals surface area contributed by atoms with Crippen molar-refractivity contribution in [3.8, 4) is 0 Å². The fourth-order valence-corrected chi connectivity index (χ4v) is 4.24. The van der Waals surface area contributed by atoms with Crippen LogP contribution in [0.25, 0.3) is 0 Å². The van der Waals surface area contributed by atoms with E-state index in [-0.39, 0.29) is 0 Å². The molecule has 0 saturated heterocycles. The Balaban J connectivity index is 3.88. The van der Waals surface area contributed by atoms with Crippen LogP contribution in [0.2, 0.25) is 0 Å². The number of unbranched alkanes of at least 4 members (excludes halogenated alkanes) is 2. The summed E-state index contributed by atoms with van der Waals surface area (Å²) in [6, 6.07) is 0. The molecule has 0 bridgehead atoms. The molecule has 9 nitrogen and oxygen atoms in total. The Morgan fingerprint density at radius 2 is 1.31 bits per heavy atom. The van der Waals surface area contributed by atoms with E-state index in [1.54, 1.807) is 27.7 Å². The molecule has 26 heavy (non-hydrogen) atoms. The summed E-state index contributed by atoms with van der Waals surface area (Å²) in [4.78, 5) is 44.5. The normalized spacial score (nSPS) is 15.3.